The van der Waals surface area contributed by atoms with Crippen molar-refractivity contribution in [3.05, 3.63) is 83.4 Å². The molecule has 0 saturated carbocycles. The molecule has 0 radical (unpaired) electrons. The van der Waals surface area contributed by atoms with E-state index in [0.717, 1.165) is 23.7 Å². The van der Waals surface area contributed by atoms with Gasteiger partial charge < -0.3 is 5.32 Å². The van der Waals surface area contributed by atoms with E-state index in [1.165, 1.54) is 5.56 Å². The second-order valence-electron chi connectivity index (χ2n) is 5.05. The molecule has 2 heterocycles. The second-order valence-corrected chi connectivity index (χ2v) is 5.48. The van der Waals surface area contributed by atoms with Gasteiger partial charge in [-0.1, -0.05) is 29.8 Å². The van der Waals surface area contributed by atoms with Gasteiger partial charge in [-0.3, -0.25) is 9.67 Å². The Balaban J connectivity index is 1.71. The second kappa shape index (κ2) is 7.20. The first-order valence-electron chi connectivity index (χ1n) is 7.17. The molecule has 0 saturated heterocycles. The zero-order chi connectivity index (χ0) is 15.2. The number of nitrogens with one attached hydrogen (secondary N) is 1. The van der Waals surface area contributed by atoms with E-state index in [9.17, 15) is 0 Å². The van der Waals surface area contributed by atoms with Crippen molar-refractivity contribution in [3.63, 3.8) is 0 Å². The minimum Gasteiger partial charge on any atom is -0.310 e. The van der Waals surface area contributed by atoms with Gasteiger partial charge in [-0.15, -0.1) is 0 Å². The number of hydrogen-bond acceptors (Lipinski definition) is 3. The zero-order valence-corrected chi connectivity index (χ0v) is 12.8. The maximum atomic E-state index is 5.98. The lowest BCUT2D eigenvalue weighted by Crippen LogP contribution is -2.26. The van der Waals surface area contributed by atoms with Crippen LogP contribution in [0.25, 0.3) is 0 Å². The smallest absolute Gasteiger partial charge is 0.0892 e. The molecule has 0 spiro atoms. The fourth-order valence-corrected chi connectivity index (χ4v) is 2.50. The summed E-state index contributed by atoms with van der Waals surface area (Å²) in [5.41, 5.74) is 2.34. The molecule has 1 aromatic carbocycles. The van der Waals surface area contributed by atoms with Gasteiger partial charge >= 0.3 is 0 Å². The normalized spacial score (nSPS) is 12.2. The van der Waals surface area contributed by atoms with Gasteiger partial charge in [0.1, 0.15) is 0 Å². The lowest BCUT2D eigenvalue weighted by Gasteiger charge is -2.19. The Kier molecular flexibility index (Phi) is 4.83. The van der Waals surface area contributed by atoms with Crippen molar-refractivity contribution in [1.29, 1.82) is 0 Å². The van der Waals surface area contributed by atoms with Crippen LogP contribution in [-0.4, -0.2) is 21.3 Å². The number of halogens is 1. The van der Waals surface area contributed by atoms with Crippen molar-refractivity contribution in [2.24, 2.45) is 0 Å². The summed E-state index contributed by atoms with van der Waals surface area (Å²) in [4.78, 5) is 4.13. The first kappa shape index (κ1) is 14.8. The Morgan fingerprint density at radius 1 is 1.09 bits per heavy atom. The summed E-state index contributed by atoms with van der Waals surface area (Å²) in [5.74, 6) is 0. The maximum Gasteiger partial charge on any atom is 0.0892 e. The van der Waals surface area contributed by atoms with E-state index in [-0.39, 0.29) is 6.04 Å². The van der Waals surface area contributed by atoms with Gasteiger partial charge in [-0.05, 0) is 35.4 Å². The van der Waals surface area contributed by atoms with E-state index in [1.54, 1.807) is 12.4 Å². The maximum absolute atomic E-state index is 5.98. The van der Waals surface area contributed by atoms with Crippen LogP contribution in [0.1, 0.15) is 17.2 Å². The standard InChI is InChI=1S/C17H17ClN4/c18-16-6-4-15(5-7-16)17(22-10-2-9-21-22)13-20-12-14-3-1-8-19-11-14/h1-11,17,20H,12-13H2/t17-/m1/s1. The average molecular weight is 313 g/mol. The Morgan fingerprint density at radius 2 is 1.95 bits per heavy atom. The number of benzene rings is 1. The van der Waals surface area contributed by atoms with Crippen LogP contribution in [-0.2, 0) is 6.54 Å². The molecule has 2 aromatic heterocycles. The van der Waals surface area contributed by atoms with Gasteiger partial charge in [0.25, 0.3) is 0 Å². The Bertz CT molecular complexity index is 680. The zero-order valence-electron chi connectivity index (χ0n) is 12.1. The summed E-state index contributed by atoms with van der Waals surface area (Å²) in [6.45, 7) is 1.55. The number of pyridine rings is 1. The first-order valence-corrected chi connectivity index (χ1v) is 7.55. The largest absolute Gasteiger partial charge is 0.310 e. The van der Waals surface area contributed by atoms with Crippen LogP contribution in [0.3, 0.4) is 0 Å². The van der Waals surface area contributed by atoms with Crippen LogP contribution in [0.15, 0.2) is 67.3 Å². The van der Waals surface area contributed by atoms with Crippen LogP contribution in [0, 0.1) is 0 Å². The molecule has 3 rings (SSSR count). The third kappa shape index (κ3) is 3.72. The highest BCUT2D eigenvalue weighted by Crippen LogP contribution is 2.19. The van der Waals surface area contributed by atoms with Crippen molar-refractivity contribution in [2.45, 2.75) is 12.6 Å². The topological polar surface area (TPSA) is 42.7 Å². The SMILES string of the molecule is Clc1ccc([C@@H](CNCc2cccnc2)n2cccn2)cc1. The minimum absolute atomic E-state index is 0.129. The van der Waals surface area contributed by atoms with Crippen LogP contribution < -0.4 is 5.32 Å². The van der Waals surface area contributed by atoms with Crippen molar-refractivity contribution in [1.82, 2.24) is 20.1 Å². The van der Waals surface area contributed by atoms with Crippen molar-refractivity contribution >= 4 is 11.6 Å². The fourth-order valence-electron chi connectivity index (χ4n) is 2.37. The number of aromatic nitrogens is 3. The Labute approximate surface area is 134 Å². The summed E-state index contributed by atoms with van der Waals surface area (Å²) < 4.78 is 1.96. The molecular formula is C17H17ClN4. The van der Waals surface area contributed by atoms with Crippen LogP contribution >= 0.6 is 11.6 Å². The Morgan fingerprint density at radius 3 is 2.64 bits per heavy atom. The van der Waals surface area contributed by atoms with Gasteiger partial charge in [0.2, 0.25) is 0 Å². The Hall–Kier alpha value is -2.17. The van der Waals surface area contributed by atoms with Crippen molar-refractivity contribution in [3.8, 4) is 0 Å². The summed E-state index contributed by atoms with van der Waals surface area (Å²) >= 11 is 5.98. The van der Waals surface area contributed by atoms with Crippen LogP contribution in [0.4, 0.5) is 0 Å². The molecule has 0 unspecified atom stereocenters. The number of hydrogen-bond donors (Lipinski definition) is 1. The molecular weight excluding hydrogens is 296 g/mol. The monoisotopic (exact) mass is 312 g/mol. The summed E-state index contributed by atoms with van der Waals surface area (Å²) in [5, 5.41) is 8.58. The molecule has 3 aromatic rings. The van der Waals surface area contributed by atoms with Gasteiger partial charge in [0, 0.05) is 42.9 Å². The minimum atomic E-state index is 0.129. The molecule has 1 atom stereocenters. The molecule has 22 heavy (non-hydrogen) atoms. The first-order chi connectivity index (χ1) is 10.8. The predicted octanol–water partition coefficient (Wildman–Crippen LogP) is 3.31. The van der Waals surface area contributed by atoms with E-state index in [1.807, 2.05) is 53.5 Å². The van der Waals surface area contributed by atoms with E-state index in [4.69, 9.17) is 11.6 Å². The molecule has 0 amide bonds. The molecule has 0 aliphatic carbocycles. The van der Waals surface area contributed by atoms with E-state index >= 15 is 0 Å². The number of nitrogens with zero attached hydrogens (tertiary/aromatic N) is 3. The van der Waals surface area contributed by atoms with E-state index in [0.29, 0.717) is 0 Å². The van der Waals surface area contributed by atoms with E-state index in [2.05, 4.69) is 21.5 Å². The number of rotatable bonds is 6. The van der Waals surface area contributed by atoms with Crippen LogP contribution in [0.2, 0.25) is 5.02 Å². The third-order valence-electron chi connectivity index (χ3n) is 3.49. The highest BCUT2D eigenvalue weighted by molar-refractivity contribution is 6.30. The van der Waals surface area contributed by atoms with Gasteiger partial charge in [0.15, 0.2) is 0 Å². The summed E-state index contributed by atoms with van der Waals surface area (Å²) in [7, 11) is 0. The van der Waals surface area contributed by atoms with Crippen molar-refractivity contribution in [2.75, 3.05) is 6.54 Å². The van der Waals surface area contributed by atoms with Gasteiger partial charge in [-0.25, -0.2) is 0 Å². The predicted molar refractivity (Wildman–Crippen MR) is 87.8 cm³/mol. The molecule has 0 aliphatic heterocycles. The highest BCUT2D eigenvalue weighted by Gasteiger charge is 2.13. The van der Waals surface area contributed by atoms with Gasteiger partial charge in [0.05, 0.1) is 6.04 Å². The average Bonchev–Trinajstić information content (AvgIpc) is 3.08. The molecule has 112 valence electrons. The summed E-state index contributed by atoms with van der Waals surface area (Å²) in [6.07, 6.45) is 7.43. The molecule has 1 N–H and O–H groups in total. The van der Waals surface area contributed by atoms with Gasteiger partial charge in [-0.2, -0.15) is 5.10 Å². The molecule has 5 heteroatoms. The molecule has 0 bridgehead atoms. The lowest BCUT2D eigenvalue weighted by molar-refractivity contribution is 0.479. The van der Waals surface area contributed by atoms with Crippen molar-refractivity contribution < 1.29 is 0 Å². The third-order valence-corrected chi connectivity index (χ3v) is 3.74. The molecule has 0 aliphatic rings. The fraction of sp³-hybridized carbons (Fsp3) is 0.176. The van der Waals surface area contributed by atoms with Crippen LogP contribution in [0.5, 0.6) is 0 Å². The molecule has 4 nitrogen and oxygen atoms in total. The molecule has 0 fully saturated rings. The highest BCUT2D eigenvalue weighted by atomic mass is 35.5. The quantitative estimate of drug-likeness (QED) is 0.759. The lowest BCUT2D eigenvalue weighted by atomic mass is 10.1. The van der Waals surface area contributed by atoms with E-state index < -0.39 is 0 Å². The summed E-state index contributed by atoms with van der Waals surface area (Å²) in [6, 6.07) is 14.0.